The number of nitrogens with zero attached hydrogens (tertiary/aromatic N) is 3. The van der Waals surface area contributed by atoms with Crippen LogP contribution in [0.3, 0.4) is 0 Å². The van der Waals surface area contributed by atoms with Crippen molar-refractivity contribution in [3.63, 3.8) is 0 Å². The van der Waals surface area contributed by atoms with Crippen molar-refractivity contribution >= 4 is 11.9 Å². The van der Waals surface area contributed by atoms with E-state index >= 15 is 0 Å². The van der Waals surface area contributed by atoms with E-state index in [0.717, 1.165) is 44.7 Å². The third kappa shape index (κ3) is 4.11. The second-order valence-electron chi connectivity index (χ2n) is 8.53. The minimum atomic E-state index is -0.714. The molecule has 3 aliphatic heterocycles. The zero-order valence-electron chi connectivity index (χ0n) is 17.9. The summed E-state index contributed by atoms with van der Waals surface area (Å²) in [7, 11) is 1.63. The van der Waals surface area contributed by atoms with E-state index in [1.807, 2.05) is 30.3 Å². The van der Waals surface area contributed by atoms with E-state index in [4.69, 9.17) is 9.47 Å². The van der Waals surface area contributed by atoms with Gasteiger partial charge in [0.25, 0.3) is 5.91 Å². The lowest BCUT2D eigenvalue weighted by Crippen LogP contribution is -2.58. The maximum atomic E-state index is 13.6. The van der Waals surface area contributed by atoms with Crippen LogP contribution in [0.5, 0.6) is 0 Å². The van der Waals surface area contributed by atoms with E-state index < -0.39 is 5.54 Å². The second kappa shape index (κ2) is 9.45. The SMILES string of the molecule is COCCN1C(=O)N(CCc2ccccc2)C(=O)C12CCN(C1CCOCC1)CC2. The van der Waals surface area contributed by atoms with Gasteiger partial charge in [0.2, 0.25) is 0 Å². The van der Waals surface area contributed by atoms with Gasteiger partial charge in [0.05, 0.1) is 6.61 Å². The monoisotopic (exact) mass is 415 g/mol. The van der Waals surface area contributed by atoms with Gasteiger partial charge in [-0.15, -0.1) is 0 Å². The van der Waals surface area contributed by atoms with Gasteiger partial charge in [-0.25, -0.2) is 4.79 Å². The molecule has 4 rings (SSSR count). The predicted octanol–water partition coefficient (Wildman–Crippen LogP) is 2.15. The maximum Gasteiger partial charge on any atom is 0.327 e. The van der Waals surface area contributed by atoms with Crippen molar-refractivity contribution < 1.29 is 19.1 Å². The number of methoxy groups -OCH3 is 1. The van der Waals surface area contributed by atoms with Crippen LogP contribution in [0.4, 0.5) is 4.79 Å². The number of urea groups is 1. The minimum Gasteiger partial charge on any atom is -0.383 e. The van der Waals surface area contributed by atoms with Crippen LogP contribution in [-0.4, -0.2) is 91.3 Å². The minimum absolute atomic E-state index is 0.0221. The van der Waals surface area contributed by atoms with Gasteiger partial charge in [-0.1, -0.05) is 30.3 Å². The zero-order valence-corrected chi connectivity index (χ0v) is 17.9. The molecule has 3 fully saturated rings. The lowest BCUT2D eigenvalue weighted by molar-refractivity contribution is -0.136. The first-order chi connectivity index (χ1) is 14.7. The van der Waals surface area contributed by atoms with Crippen molar-refractivity contribution in [2.24, 2.45) is 0 Å². The van der Waals surface area contributed by atoms with Crippen LogP contribution in [0.25, 0.3) is 0 Å². The summed E-state index contributed by atoms with van der Waals surface area (Å²) >= 11 is 0. The Morgan fingerprint density at radius 2 is 1.77 bits per heavy atom. The molecule has 0 bridgehead atoms. The zero-order chi connectivity index (χ0) is 21.0. The first-order valence-electron chi connectivity index (χ1n) is 11.1. The van der Waals surface area contributed by atoms with Crippen molar-refractivity contribution in [2.45, 2.75) is 43.7 Å². The third-order valence-electron chi connectivity index (χ3n) is 6.94. The summed E-state index contributed by atoms with van der Waals surface area (Å²) in [5.74, 6) is -0.0221. The van der Waals surface area contributed by atoms with E-state index in [1.165, 1.54) is 4.90 Å². The number of hydrogen-bond donors (Lipinski definition) is 0. The highest BCUT2D eigenvalue weighted by Crippen LogP contribution is 2.38. The van der Waals surface area contributed by atoms with Crippen molar-refractivity contribution in [3.8, 4) is 0 Å². The van der Waals surface area contributed by atoms with Crippen molar-refractivity contribution in [2.75, 3.05) is 53.1 Å². The maximum absolute atomic E-state index is 13.6. The summed E-state index contributed by atoms with van der Waals surface area (Å²) in [6, 6.07) is 10.4. The molecule has 0 radical (unpaired) electrons. The molecule has 1 aromatic carbocycles. The number of rotatable bonds is 7. The Hall–Kier alpha value is -1.96. The second-order valence-corrected chi connectivity index (χ2v) is 8.53. The summed E-state index contributed by atoms with van der Waals surface area (Å²) in [5, 5.41) is 0. The Kier molecular flexibility index (Phi) is 6.71. The standard InChI is InChI=1S/C23H33N3O4/c1-29-18-15-26-22(28)25(12-7-19-5-3-2-4-6-19)21(27)23(26)10-13-24(14-11-23)20-8-16-30-17-9-20/h2-6,20H,7-18H2,1H3. The highest BCUT2D eigenvalue weighted by molar-refractivity contribution is 6.07. The van der Waals surface area contributed by atoms with Crippen LogP contribution >= 0.6 is 0 Å². The Balaban J connectivity index is 1.47. The molecule has 1 aromatic rings. The molecule has 7 nitrogen and oxygen atoms in total. The van der Waals surface area contributed by atoms with Gasteiger partial charge in [0.1, 0.15) is 5.54 Å². The van der Waals surface area contributed by atoms with Crippen LogP contribution in [-0.2, 0) is 20.7 Å². The molecular formula is C23H33N3O4. The van der Waals surface area contributed by atoms with Gasteiger partial charge in [-0.05, 0) is 37.7 Å². The largest absolute Gasteiger partial charge is 0.383 e. The van der Waals surface area contributed by atoms with Gasteiger partial charge in [-0.2, -0.15) is 0 Å². The molecule has 3 heterocycles. The Bertz CT molecular complexity index is 727. The Morgan fingerprint density at radius 3 is 2.43 bits per heavy atom. The average Bonchev–Trinajstić information content (AvgIpc) is 2.98. The van der Waals surface area contributed by atoms with E-state index in [0.29, 0.717) is 45.0 Å². The van der Waals surface area contributed by atoms with E-state index in [1.54, 1.807) is 12.0 Å². The molecule has 3 saturated heterocycles. The van der Waals surface area contributed by atoms with Crippen molar-refractivity contribution in [3.05, 3.63) is 35.9 Å². The van der Waals surface area contributed by atoms with E-state index in [2.05, 4.69) is 4.90 Å². The predicted molar refractivity (Wildman–Crippen MR) is 113 cm³/mol. The highest BCUT2D eigenvalue weighted by Gasteiger charge is 2.57. The van der Waals surface area contributed by atoms with E-state index in [9.17, 15) is 9.59 Å². The number of likely N-dealkylation sites (tertiary alicyclic amines) is 1. The Labute approximate surface area is 178 Å². The van der Waals surface area contributed by atoms with Crippen LogP contribution < -0.4 is 0 Å². The van der Waals surface area contributed by atoms with Gasteiger partial charge >= 0.3 is 6.03 Å². The molecule has 3 aliphatic rings. The fourth-order valence-corrected chi connectivity index (χ4v) is 5.15. The molecule has 0 aliphatic carbocycles. The quantitative estimate of drug-likeness (QED) is 0.639. The summed E-state index contributed by atoms with van der Waals surface area (Å²) in [6.45, 7) is 4.65. The molecule has 0 aromatic heterocycles. The summed E-state index contributed by atoms with van der Waals surface area (Å²) in [6.07, 6.45) is 4.18. The molecule has 0 saturated carbocycles. The number of carbonyl (C=O) groups excluding carboxylic acids is 2. The highest BCUT2D eigenvalue weighted by atomic mass is 16.5. The normalized spacial score (nSPS) is 23.0. The number of hydrogen-bond acceptors (Lipinski definition) is 5. The van der Waals surface area contributed by atoms with Crippen LogP contribution in [0.15, 0.2) is 30.3 Å². The third-order valence-corrected chi connectivity index (χ3v) is 6.94. The number of amides is 3. The van der Waals surface area contributed by atoms with Gasteiger partial charge in [0, 0.05) is 52.5 Å². The lowest BCUT2D eigenvalue weighted by Gasteiger charge is -2.45. The van der Waals surface area contributed by atoms with Gasteiger partial charge in [0.15, 0.2) is 0 Å². The number of carbonyl (C=O) groups is 2. The molecule has 30 heavy (non-hydrogen) atoms. The molecule has 0 N–H and O–H groups in total. The molecule has 7 heteroatoms. The van der Waals surface area contributed by atoms with Gasteiger partial charge in [-0.3, -0.25) is 9.69 Å². The molecule has 0 unspecified atom stereocenters. The fourth-order valence-electron chi connectivity index (χ4n) is 5.15. The molecule has 0 atom stereocenters. The van der Waals surface area contributed by atoms with Crippen LogP contribution in [0, 0.1) is 0 Å². The number of piperidine rings is 1. The van der Waals surface area contributed by atoms with Gasteiger partial charge < -0.3 is 19.3 Å². The van der Waals surface area contributed by atoms with Crippen molar-refractivity contribution in [1.29, 1.82) is 0 Å². The summed E-state index contributed by atoms with van der Waals surface area (Å²) in [4.78, 5) is 32.6. The van der Waals surface area contributed by atoms with Crippen LogP contribution in [0.1, 0.15) is 31.2 Å². The number of ether oxygens (including phenoxy) is 2. The molecule has 1 spiro atoms. The van der Waals surface area contributed by atoms with E-state index in [-0.39, 0.29) is 11.9 Å². The first-order valence-corrected chi connectivity index (χ1v) is 11.1. The lowest BCUT2D eigenvalue weighted by atomic mass is 9.84. The molecular weight excluding hydrogens is 382 g/mol. The topological polar surface area (TPSA) is 62.3 Å². The first kappa shape index (κ1) is 21.3. The summed E-state index contributed by atoms with van der Waals surface area (Å²) in [5.41, 5.74) is 0.422. The van der Waals surface area contributed by atoms with Crippen LogP contribution in [0.2, 0.25) is 0 Å². The van der Waals surface area contributed by atoms with Crippen molar-refractivity contribution in [1.82, 2.24) is 14.7 Å². The fraction of sp³-hybridized carbons (Fsp3) is 0.652. The Morgan fingerprint density at radius 1 is 1.07 bits per heavy atom. The number of imide groups is 1. The smallest absolute Gasteiger partial charge is 0.327 e. The number of benzene rings is 1. The summed E-state index contributed by atoms with van der Waals surface area (Å²) < 4.78 is 10.8. The molecule has 164 valence electrons. The average molecular weight is 416 g/mol. The molecule has 3 amide bonds.